The summed E-state index contributed by atoms with van der Waals surface area (Å²) in [7, 11) is 1.78. The van der Waals surface area contributed by atoms with Crippen LogP contribution in [0.5, 0.6) is 0 Å². The molecule has 0 spiro atoms. The summed E-state index contributed by atoms with van der Waals surface area (Å²) >= 11 is 0. The van der Waals surface area contributed by atoms with Gasteiger partial charge in [0.1, 0.15) is 5.69 Å². The fraction of sp³-hybridized carbons (Fsp3) is 0.444. The van der Waals surface area contributed by atoms with Crippen molar-refractivity contribution in [3.05, 3.63) is 42.1 Å². The Kier molecular flexibility index (Phi) is 10.1. The lowest BCUT2D eigenvalue weighted by atomic mass is 10.2. The Hall–Kier alpha value is -1.57. The highest BCUT2D eigenvalue weighted by Crippen LogP contribution is 2.19. The van der Waals surface area contributed by atoms with Gasteiger partial charge in [-0.1, -0.05) is 61.7 Å². The van der Waals surface area contributed by atoms with E-state index in [0.29, 0.717) is 6.54 Å². The van der Waals surface area contributed by atoms with E-state index in [-0.39, 0.29) is 24.0 Å². The molecule has 0 bridgehead atoms. The summed E-state index contributed by atoms with van der Waals surface area (Å²) in [6.45, 7) is 3.74. The van der Waals surface area contributed by atoms with Crippen LogP contribution >= 0.6 is 24.0 Å². The van der Waals surface area contributed by atoms with E-state index in [2.05, 4.69) is 27.7 Å². The molecule has 0 atom stereocenters. The van der Waals surface area contributed by atoms with Gasteiger partial charge in [-0.3, -0.25) is 4.99 Å². The Morgan fingerprint density at radius 2 is 1.92 bits per heavy atom. The molecule has 0 fully saturated rings. The van der Waals surface area contributed by atoms with Crippen molar-refractivity contribution in [2.45, 2.75) is 39.2 Å². The minimum atomic E-state index is 0. The molecular formula is C18H27IN4O. The number of aliphatic imine (C=N–C) groups is 1. The molecule has 0 aliphatic rings. The largest absolute Gasteiger partial charge is 0.356 e. The van der Waals surface area contributed by atoms with Gasteiger partial charge in [-0.2, -0.15) is 0 Å². The normalized spacial score (nSPS) is 11.0. The van der Waals surface area contributed by atoms with Crippen LogP contribution in [0.4, 0.5) is 0 Å². The molecule has 0 amide bonds. The first-order chi connectivity index (χ1) is 11.3. The quantitative estimate of drug-likeness (QED) is 0.278. The smallest absolute Gasteiger partial charge is 0.191 e. The van der Waals surface area contributed by atoms with Crippen LogP contribution in [0.3, 0.4) is 0 Å². The van der Waals surface area contributed by atoms with Crippen LogP contribution in [0.2, 0.25) is 0 Å². The number of aromatic nitrogens is 1. The summed E-state index contributed by atoms with van der Waals surface area (Å²) in [5.41, 5.74) is 1.89. The van der Waals surface area contributed by atoms with Crippen molar-refractivity contribution in [2.24, 2.45) is 4.99 Å². The zero-order chi connectivity index (χ0) is 16.3. The molecule has 1 heterocycles. The van der Waals surface area contributed by atoms with Crippen molar-refractivity contribution in [3.8, 4) is 11.3 Å². The number of nitrogens with one attached hydrogen (secondary N) is 2. The first kappa shape index (κ1) is 20.5. The number of nitrogens with zero attached hydrogens (tertiary/aromatic N) is 2. The van der Waals surface area contributed by atoms with Crippen LogP contribution in [-0.4, -0.2) is 24.7 Å². The molecule has 0 radical (unpaired) electrons. The van der Waals surface area contributed by atoms with Crippen LogP contribution < -0.4 is 10.6 Å². The molecule has 0 aliphatic carbocycles. The maximum absolute atomic E-state index is 5.39. The molecule has 0 unspecified atom stereocenters. The zero-order valence-corrected chi connectivity index (χ0v) is 16.7. The average Bonchev–Trinajstić information content (AvgIpc) is 3.07. The van der Waals surface area contributed by atoms with E-state index in [1.165, 1.54) is 19.3 Å². The summed E-state index contributed by atoms with van der Waals surface area (Å²) in [5, 5.41) is 10.7. The van der Waals surface area contributed by atoms with Crippen LogP contribution in [0.1, 0.15) is 38.3 Å². The van der Waals surface area contributed by atoms with Gasteiger partial charge in [-0.05, 0) is 6.42 Å². The highest BCUT2D eigenvalue weighted by atomic mass is 127. The predicted octanol–water partition coefficient (Wildman–Crippen LogP) is 4.20. The molecule has 2 aromatic rings. The fourth-order valence-corrected chi connectivity index (χ4v) is 2.29. The molecule has 0 saturated heterocycles. The van der Waals surface area contributed by atoms with Gasteiger partial charge in [0.2, 0.25) is 0 Å². The number of rotatable bonds is 8. The van der Waals surface area contributed by atoms with Gasteiger partial charge in [0.05, 0.1) is 6.54 Å². The van der Waals surface area contributed by atoms with E-state index in [9.17, 15) is 0 Å². The molecule has 2 N–H and O–H groups in total. The summed E-state index contributed by atoms with van der Waals surface area (Å²) in [4.78, 5) is 4.22. The second-order valence-electron chi connectivity index (χ2n) is 5.46. The third-order valence-electron chi connectivity index (χ3n) is 3.60. The molecule has 2 rings (SSSR count). The SMILES string of the molecule is CCCCCCNC(=NC)NCc1cc(-c2ccccc2)on1.I. The number of hydrogen-bond donors (Lipinski definition) is 2. The highest BCUT2D eigenvalue weighted by Gasteiger charge is 2.06. The van der Waals surface area contributed by atoms with Gasteiger partial charge in [-0.15, -0.1) is 24.0 Å². The first-order valence-corrected chi connectivity index (χ1v) is 8.29. The number of halogens is 1. The first-order valence-electron chi connectivity index (χ1n) is 8.29. The predicted molar refractivity (Wildman–Crippen MR) is 110 cm³/mol. The minimum Gasteiger partial charge on any atom is -0.356 e. The van der Waals surface area contributed by atoms with Gasteiger partial charge in [-0.25, -0.2) is 0 Å². The van der Waals surface area contributed by atoms with Gasteiger partial charge in [0.15, 0.2) is 11.7 Å². The number of benzene rings is 1. The molecule has 6 heteroatoms. The molecule has 1 aromatic heterocycles. The van der Waals surface area contributed by atoms with E-state index < -0.39 is 0 Å². The maximum atomic E-state index is 5.39. The van der Waals surface area contributed by atoms with Crippen molar-refractivity contribution in [2.75, 3.05) is 13.6 Å². The molecule has 0 aliphatic heterocycles. The molecular weight excluding hydrogens is 415 g/mol. The summed E-state index contributed by atoms with van der Waals surface area (Å²) in [6.07, 6.45) is 4.96. The van der Waals surface area contributed by atoms with Crippen molar-refractivity contribution >= 4 is 29.9 Å². The third kappa shape index (κ3) is 6.90. The van der Waals surface area contributed by atoms with E-state index in [0.717, 1.165) is 35.9 Å². The highest BCUT2D eigenvalue weighted by molar-refractivity contribution is 14.0. The van der Waals surface area contributed by atoms with Crippen molar-refractivity contribution in [3.63, 3.8) is 0 Å². The van der Waals surface area contributed by atoms with E-state index in [4.69, 9.17) is 4.52 Å². The van der Waals surface area contributed by atoms with E-state index in [1.54, 1.807) is 7.05 Å². The molecule has 132 valence electrons. The monoisotopic (exact) mass is 442 g/mol. The minimum absolute atomic E-state index is 0. The van der Waals surface area contributed by atoms with E-state index in [1.807, 2.05) is 36.4 Å². The third-order valence-corrected chi connectivity index (χ3v) is 3.60. The molecule has 24 heavy (non-hydrogen) atoms. The Morgan fingerprint density at radius 1 is 1.12 bits per heavy atom. The number of hydrogen-bond acceptors (Lipinski definition) is 3. The fourth-order valence-electron chi connectivity index (χ4n) is 2.29. The topological polar surface area (TPSA) is 62.5 Å². The second kappa shape index (κ2) is 11.9. The Bertz CT molecular complexity index is 598. The van der Waals surface area contributed by atoms with Crippen molar-refractivity contribution < 1.29 is 4.52 Å². The summed E-state index contributed by atoms with van der Waals surface area (Å²) < 4.78 is 5.39. The number of unbranched alkanes of at least 4 members (excludes halogenated alkanes) is 3. The van der Waals surface area contributed by atoms with Crippen LogP contribution in [-0.2, 0) is 6.54 Å². The zero-order valence-electron chi connectivity index (χ0n) is 14.4. The van der Waals surface area contributed by atoms with Gasteiger partial charge in [0.25, 0.3) is 0 Å². The van der Waals surface area contributed by atoms with Crippen LogP contribution in [0, 0.1) is 0 Å². The van der Waals surface area contributed by atoms with Crippen molar-refractivity contribution in [1.82, 2.24) is 15.8 Å². The number of guanidine groups is 1. The second-order valence-corrected chi connectivity index (χ2v) is 5.46. The molecule has 1 aromatic carbocycles. The Balaban J connectivity index is 0.00000288. The lowest BCUT2D eigenvalue weighted by molar-refractivity contribution is 0.422. The lowest BCUT2D eigenvalue weighted by Crippen LogP contribution is -2.37. The van der Waals surface area contributed by atoms with Crippen molar-refractivity contribution in [1.29, 1.82) is 0 Å². The Labute approximate surface area is 161 Å². The summed E-state index contributed by atoms with van der Waals surface area (Å²) in [5.74, 6) is 1.58. The maximum Gasteiger partial charge on any atom is 0.191 e. The van der Waals surface area contributed by atoms with Crippen LogP contribution in [0.15, 0.2) is 45.9 Å². The van der Waals surface area contributed by atoms with Gasteiger partial charge in [0, 0.05) is 25.2 Å². The Morgan fingerprint density at radius 3 is 2.62 bits per heavy atom. The standard InChI is InChI=1S/C18H26N4O.HI/c1-3-4-5-9-12-20-18(19-2)21-14-16-13-17(23-22-16)15-10-7-6-8-11-15;/h6-8,10-11,13H,3-5,9,12,14H2,1-2H3,(H2,19,20,21);1H. The average molecular weight is 442 g/mol. The lowest BCUT2D eigenvalue weighted by Gasteiger charge is -2.10. The van der Waals surface area contributed by atoms with Crippen LogP contribution in [0.25, 0.3) is 11.3 Å². The molecule has 5 nitrogen and oxygen atoms in total. The van der Waals surface area contributed by atoms with E-state index >= 15 is 0 Å². The van der Waals surface area contributed by atoms with Gasteiger partial charge >= 0.3 is 0 Å². The summed E-state index contributed by atoms with van der Waals surface area (Å²) in [6, 6.07) is 11.9. The van der Waals surface area contributed by atoms with Gasteiger partial charge < -0.3 is 15.2 Å². The molecule has 0 saturated carbocycles.